The van der Waals surface area contributed by atoms with Crippen molar-refractivity contribution in [2.45, 2.75) is 32.6 Å². The monoisotopic (exact) mass is 375 g/mol. The number of thiazole rings is 1. The number of anilines is 1. The third kappa shape index (κ3) is 3.48. The summed E-state index contributed by atoms with van der Waals surface area (Å²) >= 11 is 1.51. The summed E-state index contributed by atoms with van der Waals surface area (Å²) in [6, 6.07) is 7.36. The molecule has 0 aliphatic rings. The molecule has 0 saturated carbocycles. The van der Waals surface area contributed by atoms with Gasteiger partial charge in [-0.15, -0.1) is 11.3 Å². The lowest BCUT2D eigenvalue weighted by Gasteiger charge is -2.10. The van der Waals surface area contributed by atoms with Crippen LogP contribution in [-0.2, 0) is 17.1 Å². The van der Waals surface area contributed by atoms with Crippen LogP contribution < -0.4 is 4.72 Å². The van der Waals surface area contributed by atoms with Gasteiger partial charge in [-0.25, -0.2) is 13.4 Å². The van der Waals surface area contributed by atoms with Crippen molar-refractivity contribution in [2.24, 2.45) is 7.05 Å². The second kappa shape index (κ2) is 6.31. The summed E-state index contributed by atoms with van der Waals surface area (Å²) in [7, 11) is -1.82. The quantitative estimate of drug-likeness (QED) is 0.744. The number of benzene rings is 1. The summed E-state index contributed by atoms with van der Waals surface area (Å²) < 4.78 is 30.4. The van der Waals surface area contributed by atoms with Crippen molar-refractivity contribution in [1.29, 1.82) is 0 Å². The molecule has 0 spiro atoms. The van der Waals surface area contributed by atoms with Crippen LogP contribution >= 0.6 is 11.3 Å². The molecule has 0 unspecified atom stereocenters. The van der Waals surface area contributed by atoms with Gasteiger partial charge in [0.25, 0.3) is 10.0 Å². The highest BCUT2D eigenvalue weighted by molar-refractivity contribution is 7.92. The Morgan fingerprint density at radius 2 is 1.68 bits per heavy atom. The van der Waals surface area contributed by atoms with Crippen LogP contribution in [0, 0.1) is 27.7 Å². The number of aryl methyl sites for hydroxylation is 3. The van der Waals surface area contributed by atoms with Crippen LogP contribution in [0.2, 0.25) is 0 Å². The first kappa shape index (κ1) is 17.7. The second-order valence-corrected chi connectivity index (χ2v) is 8.82. The largest absolute Gasteiger partial charge is 0.345 e. The minimum Gasteiger partial charge on any atom is -0.345 e. The first-order valence-electron chi connectivity index (χ1n) is 7.87. The van der Waals surface area contributed by atoms with E-state index in [9.17, 15) is 8.42 Å². The van der Waals surface area contributed by atoms with Crippen LogP contribution in [0.15, 0.2) is 34.5 Å². The Labute approximate surface area is 152 Å². The van der Waals surface area contributed by atoms with Gasteiger partial charge in [0, 0.05) is 29.5 Å². The molecule has 1 N–H and O–H groups in total. The van der Waals surface area contributed by atoms with Gasteiger partial charge in [0.2, 0.25) is 0 Å². The van der Waals surface area contributed by atoms with Crippen LogP contribution in [0.4, 0.5) is 5.69 Å². The Kier molecular flexibility index (Phi) is 4.47. The zero-order valence-electron chi connectivity index (χ0n) is 14.9. The van der Waals surface area contributed by atoms with Crippen LogP contribution in [0.25, 0.3) is 10.7 Å². The number of rotatable bonds is 4. The first-order chi connectivity index (χ1) is 11.7. The zero-order valence-corrected chi connectivity index (χ0v) is 16.5. The fourth-order valence-electron chi connectivity index (χ4n) is 2.86. The van der Waals surface area contributed by atoms with Gasteiger partial charge in [-0.05, 0) is 57.0 Å². The molecule has 0 saturated heterocycles. The average Bonchev–Trinajstić information content (AvgIpc) is 3.03. The normalized spacial score (nSPS) is 11.7. The standard InChI is InChI=1S/C18H21N3O2S2/c1-11-6-12(2)8-15(7-11)20-25(22,23)17-9-16(21(5)14(17)4)18-19-13(3)10-24-18/h6-10,20H,1-5H3. The molecule has 0 aliphatic carbocycles. The summed E-state index contributed by atoms with van der Waals surface area (Å²) in [6.07, 6.45) is 0. The van der Waals surface area contributed by atoms with E-state index in [-0.39, 0.29) is 4.90 Å². The lowest BCUT2D eigenvalue weighted by Crippen LogP contribution is -2.14. The predicted molar refractivity (Wildman–Crippen MR) is 103 cm³/mol. The van der Waals surface area contributed by atoms with E-state index in [2.05, 4.69) is 9.71 Å². The van der Waals surface area contributed by atoms with E-state index in [0.717, 1.165) is 27.5 Å². The third-order valence-electron chi connectivity index (χ3n) is 4.09. The average molecular weight is 376 g/mol. The second-order valence-electron chi connectivity index (χ2n) is 6.31. The molecule has 2 aromatic heterocycles. The highest BCUT2D eigenvalue weighted by Gasteiger charge is 2.23. The lowest BCUT2D eigenvalue weighted by atomic mass is 10.1. The van der Waals surface area contributed by atoms with Gasteiger partial charge >= 0.3 is 0 Å². The van der Waals surface area contributed by atoms with Crippen LogP contribution in [-0.4, -0.2) is 18.0 Å². The molecule has 0 bridgehead atoms. The molecular formula is C18H21N3O2S2. The van der Waals surface area contributed by atoms with Gasteiger partial charge in [-0.1, -0.05) is 6.07 Å². The topological polar surface area (TPSA) is 64.0 Å². The minimum atomic E-state index is -3.67. The Hall–Kier alpha value is -2.12. The van der Waals surface area contributed by atoms with Gasteiger partial charge in [0.05, 0.1) is 5.69 Å². The van der Waals surface area contributed by atoms with E-state index >= 15 is 0 Å². The molecule has 0 amide bonds. The predicted octanol–water partition coefficient (Wildman–Crippen LogP) is 4.18. The van der Waals surface area contributed by atoms with E-state index in [0.29, 0.717) is 11.4 Å². The SMILES string of the molecule is Cc1cc(C)cc(NS(=O)(=O)c2cc(-c3nc(C)cs3)n(C)c2C)c1. The molecule has 0 aliphatic heterocycles. The number of nitrogens with one attached hydrogen (secondary N) is 1. The Morgan fingerprint density at radius 3 is 2.24 bits per heavy atom. The summed E-state index contributed by atoms with van der Waals surface area (Å²) in [6.45, 7) is 7.62. The Bertz CT molecular complexity index is 1030. The van der Waals surface area contributed by atoms with Gasteiger partial charge in [-0.3, -0.25) is 4.72 Å². The van der Waals surface area contributed by atoms with E-state index in [1.807, 2.05) is 56.0 Å². The molecule has 5 nitrogen and oxygen atoms in total. The van der Waals surface area contributed by atoms with E-state index < -0.39 is 10.0 Å². The summed E-state index contributed by atoms with van der Waals surface area (Å²) in [5.41, 5.74) is 5.02. The third-order valence-corrected chi connectivity index (χ3v) is 6.57. The van der Waals surface area contributed by atoms with Gasteiger partial charge in [0.1, 0.15) is 9.90 Å². The summed E-state index contributed by atoms with van der Waals surface area (Å²) in [4.78, 5) is 4.74. The van der Waals surface area contributed by atoms with E-state index in [1.165, 1.54) is 11.3 Å². The molecular weight excluding hydrogens is 354 g/mol. The summed E-state index contributed by atoms with van der Waals surface area (Å²) in [5.74, 6) is 0. The number of hydrogen-bond donors (Lipinski definition) is 1. The fraction of sp³-hybridized carbons (Fsp3) is 0.278. The molecule has 7 heteroatoms. The van der Waals surface area contributed by atoms with Crippen molar-refractivity contribution in [1.82, 2.24) is 9.55 Å². The maximum Gasteiger partial charge on any atom is 0.263 e. The molecule has 0 atom stereocenters. The smallest absolute Gasteiger partial charge is 0.263 e. The Balaban J connectivity index is 2.03. The molecule has 0 fully saturated rings. The van der Waals surface area contributed by atoms with Crippen LogP contribution in [0.1, 0.15) is 22.5 Å². The minimum absolute atomic E-state index is 0.275. The van der Waals surface area contributed by atoms with Crippen molar-refractivity contribution >= 4 is 27.0 Å². The molecule has 1 aromatic carbocycles. The number of aromatic nitrogens is 2. The maximum absolute atomic E-state index is 12.9. The van der Waals surface area contributed by atoms with Crippen molar-refractivity contribution in [3.8, 4) is 10.7 Å². The molecule has 3 rings (SSSR count). The van der Waals surface area contributed by atoms with Crippen molar-refractivity contribution in [3.63, 3.8) is 0 Å². The van der Waals surface area contributed by atoms with Crippen molar-refractivity contribution in [2.75, 3.05) is 4.72 Å². The van der Waals surface area contributed by atoms with Crippen molar-refractivity contribution in [3.05, 3.63) is 52.2 Å². The molecule has 25 heavy (non-hydrogen) atoms. The maximum atomic E-state index is 12.9. The number of nitrogens with zero attached hydrogens (tertiary/aromatic N) is 2. The Morgan fingerprint density at radius 1 is 1.04 bits per heavy atom. The van der Waals surface area contributed by atoms with Gasteiger partial charge in [0.15, 0.2) is 0 Å². The molecule has 3 aromatic rings. The van der Waals surface area contributed by atoms with Crippen LogP contribution in [0.5, 0.6) is 0 Å². The van der Waals surface area contributed by atoms with E-state index in [4.69, 9.17) is 0 Å². The van der Waals surface area contributed by atoms with Crippen molar-refractivity contribution < 1.29 is 8.42 Å². The van der Waals surface area contributed by atoms with Gasteiger partial charge < -0.3 is 4.57 Å². The van der Waals surface area contributed by atoms with Gasteiger partial charge in [-0.2, -0.15) is 0 Å². The number of hydrogen-bond acceptors (Lipinski definition) is 4. The lowest BCUT2D eigenvalue weighted by molar-refractivity contribution is 0.600. The molecule has 132 valence electrons. The zero-order chi connectivity index (χ0) is 18.4. The first-order valence-corrected chi connectivity index (χ1v) is 10.2. The molecule has 0 radical (unpaired) electrons. The fourth-order valence-corrected chi connectivity index (χ4v) is 5.04. The van der Waals surface area contributed by atoms with E-state index in [1.54, 1.807) is 13.0 Å². The highest BCUT2D eigenvalue weighted by atomic mass is 32.2. The number of sulfonamides is 1. The molecule has 2 heterocycles. The highest BCUT2D eigenvalue weighted by Crippen LogP contribution is 2.31. The van der Waals surface area contributed by atoms with Crippen LogP contribution in [0.3, 0.4) is 0 Å². The summed E-state index contributed by atoms with van der Waals surface area (Å²) in [5, 5.41) is 2.77.